The molecule has 0 aliphatic heterocycles. The molecule has 0 spiro atoms. The number of thiazole rings is 1. The summed E-state index contributed by atoms with van der Waals surface area (Å²) in [5.74, 6) is 0.419. The number of nitrogens with one attached hydrogen (secondary N) is 1. The van der Waals surface area contributed by atoms with Crippen molar-refractivity contribution in [1.82, 2.24) is 15.2 Å². The van der Waals surface area contributed by atoms with E-state index in [1.165, 1.54) is 9.88 Å². The maximum absolute atomic E-state index is 4.78. The predicted octanol–water partition coefficient (Wildman–Crippen LogP) is 4.56. The summed E-state index contributed by atoms with van der Waals surface area (Å²) in [4.78, 5) is 5.98. The minimum absolute atomic E-state index is 0.419. The van der Waals surface area contributed by atoms with Crippen molar-refractivity contribution in [1.29, 1.82) is 0 Å². The Kier molecular flexibility index (Phi) is 5.48. The average Bonchev–Trinajstić information content (AvgIpc) is 3.02. The summed E-state index contributed by atoms with van der Waals surface area (Å²) in [5, 5.41) is 15.0. The van der Waals surface area contributed by atoms with Crippen LogP contribution in [0.25, 0.3) is 9.88 Å². The molecule has 0 bridgehead atoms. The smallest absolute Gasteiger partial charge is 0.206 e. The van der Waals surface area contributed by atoms with Gasteiger partial charge in [-0.2, -0.15) is 0 Å². The van der Waals surface area contributed by atoms with Gasteiger partial charge in [-0.05, 0) is 25.2 Å². The third-order valence-corrected chi connectivity index (χ3v) is 5.02. The van der Waals surface area contributed by atoms with Crippen LogP contribution in [0.3, 0.4) is 0 Å². The zero-order valence-electron chi connectivity index (χ0n) is 12.6. The molecule has 1 N–H and O–H groups in total. The van der Waals surface area contributed by atoms with E-state index < -0.39 is 0 Å². The molecular formula is C14H22N4S2. The predicted molar refractivity (Wildman–Crippen MR) is 87.9 cm³/mol. The Morgan fingerprint density at radius 1 is 1.10 bits per heavy atom. The van der Waals surface area contributed by atoms with Crippen LogP contribution in [0.2, 0.25) is 0 Å². The Hall–Kier alpha value is -1.01. The normalized spacial score (nSPS) is 11.2. The molecule has 2 aromatic heterocycles. The lowest BCUT2D eigenvalue weighted by atomic mass is 10.1. The fourth-order valence-corrected chi connectivity index (χ4v) is 4.03. The first-order valence-corrected chi connectivity index (χ1v) is 8.86. The second-order valence-corrected chi connectivity index (χ2v) is 7.13. The van der Waals surface area contributed by atoms with Crippen LogP contribution in [-0.2, 0) is 6.42 Å². The van der Waals surface area contributed by atoms with Gasteiger partial charge in [-0.15, -0.1) is 21.5 Å². The van der Waals surface area contributed by atoms with Gasteiger partial charge in [-0.25, -0.2) is 4.98 Å². The van der Waals surface area contributed by atoms with Crippen molar-refractivity contribution < 1.29 is 0 Å². The lowest BCUT2D eigenvalue weighted by molar-refractivity contribution is 0.813. The molecule has 0 amide bonds. The van der Waals surface area contributed by atoms with Gasteiger partial charge in [-0.3, -0.25) is 0 Å². The largest absolute Gasteiger partial charge is 0.360 e. The summed E-state index contributed by atoms with van der Waals surface area (Å²) in [5.41, 5.74) is 1.16. The molecule has 0 aliphatic carbocycles. The molecule has 2 aromatic rings. The zero-order chi connectivity index (χ0) is 14.5. The molecular weight excluding hydrogens is 288 g/mol. The molecule has 0 atom stereocenters. The average molecular weight is 310 g/mol. The highest BCUT2D eigenvalue weighted by Crippen LogP contribution is 2.37. The van der Waals surface area contributed by atoms with Crippen molar-refractivity contribution in [2.45, 2.75) is 52.9 Å². The fourth-order valence-electron chi connectivity index (χ4n) is 1.86. The number of rotatable bonds is 7. The monoisotopic (exact) mass is 310 g/mol. The maximum Gasteiger partial charge on any atom is 0.206 e. The Bertz CT molecular complexity index is 545. The van der Waals surface area contributed by atoms with Crippen molar-refractivity contribution in [2.75, 3.05) is 11.9 Å². The van der Waals surface area contributed by atoms with Crippen molar-refractivity contribution in [3.05, 3.63) is 10.7 Å². The van der Waals surface area contributed by atoms with Gasteiger partial charge in [0.25, 0.3) is 0 Å². The van der Waals surface area contributed by atoms with Crippen LogP contribution in [0.5, 0.6) is 0 Å². The minimum Gasteiger partial charge on any atom is -0.360 e. The van der Waals surface area contributed by atoms with Crippen molar-refractivity contribution >= 4 is 27.8 Å². The Morgan fingerprint density at radius 2 is 1.90 bits per heavy atom. The van der Waals surface area contributed by atoms with Gasteiger partial charge in [0.2, 0.25) is 5.13 Å². The van der Waals surface area contributed by atoms with Crippen molar-refractivity contribution in [2.24, 2.45) is 0 Å². The molecule has 6 heteroatoms. The van der Waals surface area contributed by atoms with E-state index in [2.05, 4.69) is 43.2 Å². The molecule has 2 heterocycles. The first-order valence-electron chi connectivity index (χ1n) is 7.23. The number of hydrogen-bond acceptors (Lipinski definition) is 6. The van der Waals surface area contributed by atoms with E-state index in [0.29, 0.717) is 5.92 Å². The van der Waals surface area contributed by atoms with E-state index in [1.54, 1.807) is 22.7 Å². The zero-order valence-corrected chi connectivity index (χ0v) is 14.2. The van der Waals surface area contributed by atoms with E-state index in [0.717, 1.165) is 41.6 Å². The van der Waals surface area contributed by atoms with E-state index >= 15 is 0 Å². The highest BCUT2D eigenvalue weighted by molar-refractivity contribution is 7.23. The number of anilines is 1. The summed E-state index contributed by atoms with van der Waals surface area (Å²) in [6.45, 7) is 9.65. The van der Waals surface area contributed by atoms with Crippen LogP contribution in [0.1, 0.15) is 57.2 Å². The second-order valence-electron chi connectivity index (χ2n) is 5.07. The minimum atomic E-state index is 0.419. The highest BCUT2D eigenvalue weighted by Gasteiger charge is 2.18. The van der Waals surface area contributed by atoms with Gasteiger partial charge in [-0.1, -0.05) is 39.0 Å². The van der Waals surface area contributed by atoms with Gasteiger partial charge in [0.15, 0.2) is 5.01 Å². The molecule has 20 heavy (non-hydrogen) atoms. The summed E-state index contributed by atoms with van der Waals surface area (Å²) in [7, 11) is 0. The lowest BCUT2D eigenvalue weighted by Gasteiger charge is -2.01. The molecule has 0 saturated heterocycles. The Morgan fingerprint density at radius 3 is 2.55 bits per heavy atom. The molecule has 0 aromatic carbocycles. The molecule has 0 unspecified atom stereocenters. The summed E-state index contributed by atoms with van der Waals surface area (Å²) in [6.07, 6.45) is 3.27. The third-order valence-electron chi connectivity index (χ3n) is 2.85. The van der Waals surface area contributed by atoms with Gasteiger partial charge >= 0.3 is 0 Å². The molecule has 0 radical (unpaired) electrons. The fraction of sp³-hybridized carbons (Fsp3) is 0.643. The quantitative estimate of drug-likeness (QED) is 0.814. The van der Waals surface area contributed by atoms with Crippen molar-refractivity contribution in [3.63, 3.8) is 0 Å². The van der Waals surface area contributed by atoms with Crippen LogP contribution in [0.15, 0.2) is 0 Å². The van der Waals surface area contributed by atoms with Crippen LogP contribution in [0, 0.1) is 0 Å². The molecule has 0 fully saturated rings. The molecule has 0 aliphatic rings. The van der Waals surface area contributed by atoms with Crippen LogP contribution >= 0.6 is 22.7 Å². The topological polar surface area (TPSA) is 50.7 Å². The molecule has 4 nitrogen and oxygen atoms in total. The number of nitrogens with zero attached hydrogens (tertiary/aromatic N) is 3. The number of aryl methyl sites for hydroxylation is 1. The van der Waals surface area contributed by atoms with Crippen LogP contribution in [-0.4, -0.2) is 21.7 Å². The number of hydrogen-bond donors (Lipinski definition) is 1. The maximum atomic E-state index is 4.78. The summed E-state index contributed by atoms with van der Waals surface area (Å²) < 4.78 is 0. The van der Waals surface area contributed by atoms with Crippen molar-refractivity contribution in [3.8, 4) is 9.88 Å². The summed E-state index contributed by atoms with van der Waals surface area (Å²) in [6, 6.07) is 0. The first-order chi connectivity index (χ1) is 9.65. The standard InChI is InChI=1S/C14H22N4S2/c1-5-7-10-16-11(9(3)4)12(19-10)13-17-18-14(20-13)15-8-6-2/h9H,5-8H2,1-4H3,(H,15,18). The van der Waals surface area contributed by atoms with Crippen LogP contribution < -0.4 is 5.32 Å². The highest BCUT2D eigenvalue weighted by atomic mass is 32.1. The Balaban J connectivity index is 2.28. The SMILES string of the molecule is CCCNc1nnc(-c2sc(CCC)nc2C(C)C)s1. The molecule has 0 saturated carbocycles. The Labute approximate surface area is 128 Å². The second kappa shape index (κ2) is 7.13. The first kappa shape index (κ1) is 15.4. The van der Waals surface area contributed by atoms with Gasteiger partial charge in [0, 0.05) is 6.54 Å². The lowest BCUT2D eigenvalue weighted by Crippen LogP contribution is -1.98. The van der Waals surface area contributed by atoms with Gasteiger partial charge in [0.1, 0.15) is 0 Å². The van der Waals surface area contributed by atoms with E-state index in [4.69, 9.17) is 4.98 Å². The van der Waals surface area contributed by atoms with E-state index in [9.17, 15) is 0 Å². The van der Waals surface area contributed by atoms with Crippen LogP contribution in [0.4, 0.5) is 5.13 Å². The third kappa shape index (κ3) is 3.55. The molecule has 2 rings (SSSR count). The van der Waals surface area contributed by atoms with E-state index in [-0.39, 0.29) is 0 Å². The van der Waals surface area contributed by atoms with E-state index in [1.807, 2.05) is 0 Å². The summed E-state index contributed by atoms with van der Waals surface area (Å²) >= 11 is 3.40. The molecule has 110 valence electrons. The number of aromatic nitrogens is 3. The van der Waals surface area contributed by atoms with Gasteiger partial charge < -0.3 is 5.32 Å². The van der Waals surface area contributed by atoms with Gasteiger partial charge in [0.05, 0.1) is 15.6 Å².